The van der Waals surface area contributed by atoms with Crippen LogP contribution in [0.5, 0.6) is 12.0 Å². The van der Waals surface area contributed by atoms with Crippen molar-refractivity contribution in [1.29, 1.82) is 0 Å². The first-order valence-electron chi connectivity index (χ1n) is 6.10. The molecule has 0 aromatic carbocycles. The van der Waals surface area contributed by atoms with Gasteiger partial charge in [0.15, 0.2) is 0 Å². The molecule has 0 aliphatic rings. The number of rotatable bonds is 10. The van der Waals surface area contributed by atoms with E-state index < -0.39 is 0 Å². The molecule has 8 nitrogen and oxygen atoms in total. The largest absolute Gasteiger partial charge is 0.464 e. The minimum Gasteiger partial charge on any atom is -0.464 e. The summed E-state index contributed by atoms with van der Waals surface area (Å²) in [4.78, 5) is 11.6. The monoisotopic (exact) mass is 272 g/mol. The number of hydrogen-bond donors (Lipinski definition) is 1. The Labute approximate surface area is 112 Å². The molecule has 0 saturated carbocycles. The Morgan fingerprint density at radius 2 is 1.68 bits per heavy atom. The van der Waals surface area contributed by atoms with Gasteiger partial charge in [-0.15, -0.1) is 4.98 Å². The molecule has 2 N–H and O–H groups in total. The first kappa shape index (κ1) is 15.4. The van der Waals surface area contributed by atoms with E-state index in [0.29, 0.717) is 33.0 Å². The molecule has 0 bridgehead atoms. The SMILES string of the molecule is CCOc1nc(N)nc(OCCOCCCOC)n1. The number of nitrogens with two attached hydrogens (primary N) is 1. The number of nitrogen functional groups attached to an aromatic ring is 1. The van der Waals surface area contributed by atoms with E-state index in [9.17, 15) is 0 Å². The second-order valence-corrected chi connectivity index (χ2v) is 3.50. The van der Waals surface area contributed by atoms with Gasteiger partial charge in [0.05, 0.1) is 13.2 Å². The topological polar surface area (TPSA) is 102 Å². The van der Waals surface area contributed by atoms with Crippen LogP contribution in [0.2, 0.25) is 0 Å². The lowest BCUT2D eigenvalue weighted by atomic mass is 10.5. The van der Waals surface area contributed by atoms with E-state index in [1.54, 1.807) is 7.11 Å². The summed E-state index contributed by atoms with van der Waals surface area (Å²) in [5.41, 5.74) is 5.51. The van der Waals surface area contributed by atoms with E-state index in [1.165, 1.54) is 0 Å². The molecular formula is C11H20N4O4. The lowest BCUT2D eigenvalue weighted by Crippen LogP contribution is -2.12. The van der Waals surface area contributed by atoms with Crippen molar-refractivity contribution in [2.24, 2.45) is 0 Å². The molecule has 0 saturated heterocycles. The van der Waals surface area contributed by atoms with E-state index in [0.717, 1.165) is 6.42 Å². The van der Waals surface area contributed by atoms with Gasteiger partial charge in [-0.3, -0.25) is 0 Å². The second-order valence-electron chi connectivity index (χ2n) is 3.50. The standard InChI is InChI=1S/C11H20N4O4/c1-3-18-10-13-9(12)14-11(15-10)19-8-7-17-6-4-5-16-2/h3-8H2,1-2H3,(H2,12,13,14,15). The summed E-state index contributed by atoms with van der Waals surface area (Å²) >= 11 is 0. The van der Waals surface area contributed by atoms with Gasteiger partial charge < -0.3 is 24.7 Å². The van der Waals surface area contributed by atoms with Crippen molar-refractivity contribution in [1.82, 2.24) is 15.0 Å². The van der Waals surface area contributed by atoms with Crippen molar-refractivity contribution < 1.29 is 18.9 Å². The molecule has 0 amide bonds. The van der Waals surface area contributed by atoms with Crippen LogP contribution in [0.4, 0.5) is 5.95 Å². The van der Waals surface area contributed by atoms with E-state index in [2.05, 4.69) is 15.0 Å². The molecule has 8 heteroatoms. The van der Waals surface area contributed by atoms with Gasteiger partial charge in [0, 0.05) is 20.3 Å². The van der Waals surface area contributed by atoms with Gasteiger partial charge in [-0.2, -0.15) is 9.97 Å². The van der Waals surface area contributed by atoms with Crippen LogP contribution in [-0.4, -0.2) is 55.1 Å². The summed E-state index contributed by atoms with van der Waals surface area (Å²) in [7, 11) is 1.66. The zero-order valence-electron chi connectivity index (χ0n) is 11.3. The molecule has 0 aliphatic carbocycles. The Bertz CT molecular complexity index is 365. The van der Waals surface area contributed by atoms with Crippen LogP contribution < -0.4 is 15.2 Å². The molecule has 1 heterocycles. The average molecular weight is 272 g/mol. The Hall–Kier alpha value is -1.67. The second kappa shape index (κ2) is 9.29. The Kier molecular flexibility index (Phi) is 7.52. The summed E-state index contributed by atoms with van der Waals surface area (Å²) in [6.45, 7) is 4.37. The van der Waals surface area contributed by atoms with Gasteiger partial charge in [0.1, 0.15) is 6.61 Å². The normalized spacial score (nSPS) is 10.4. The first-order chi connectivity index (χ1) is 9.26. The number of ether oxygens (including phenoxy) is 4. The molecule has 0 fully saturated rings. The summed E-state index contributed by atoms with van der Waals surface area (Å²) < 4.78 is 20.7. The van der Waals surface area contributed by atoms with E-state index in [1.807, 2.05) is 6.92 Å². The Morgan fingerprint density at radius 1 is 0.947 bits per heavy atom. The fourth-order valence-electron chi connectivity index (χ4n) is 1.21. The van der Waals surface area contributed by atoms with Crippen LogP contribution in [0.15, 0.2) is 0 Å². The van der Waals surface area contributed by atoms with Crippen LogP contribution in [0.1, 0.15) is 13.3 Å². The van der Waals surface area contributed by atoms with Crippen molar-refractivity contribution >= 4 is 5.95 Å². The number of nitrogens with zero attached hydrogens (tertiary/aromatic N) is 3. The third-order valence-corrected chi connectivity index (χ3v) is 1.98. The molecule has 108 valence electrons. The zero-order chi connectivity index (χ0) is 13.9. The van der Waals surface area contributed by atoms with Crippen molar-refractivity contribution in [3.8, 4) is 12.0 Å². The molecule has 1 aromatic rings. The third-order valence-electron chi connectivity index (χ3n) is 1.98. The predicted octanol–water partition coefficient (Wildman–Crippen LogP) is 0.284. The Morgan fingerprint density at radius 3 is 2.37 bits per heavy atom. The maximum atomic E-state index is 5.51. The van der Waals surface area contributed by atoms with Gasteiger partial charge >= 0.3 is 12.0 Å². The minimum atomic E-state index is 0.0643. The molecule has 19 heavy (non-hydrogen) atoms. The highest BCUT2D eigenvalue weighted by molar-refractivity contribution is 5.20. The summed E-state index contributed by atoms with van der Waals surface area (Å²) in [5.74, 6) is 0.0643. The highest BCUT2D eigenvalue weighted by Gasteiger charge is 2.05. The number of aromatic nitrogens is 3. The molecule has 0 unspecified atom stereocenters. The number of hydrogen-bond acceptors (Lipinski definition) is 8. The quantitative estimate of drug-likeness (QED) is 0.606. The molecule has 1 aromatic heterocycles. The van der Waals surface area contributed by atoms with E-state index >= 15 is 0 Å². The maximum Gasteiger partial charge on any atom is 0.324 e. The van der Waals surface area contributed by atoms with Gasteiger partial charge in [-0.05, 0) is 13.3 Å². The summed E-state index contributed by atoms with van der Waals surface area (Å²) in [6.07, 6.45) is 0.851. The smallest absolute Gasteiger partial charge is 0.324 e. The minimum absolute atomic E-state index is 0.0643. The van der Waals surface area contributed by atoms with Gasteiger partial charge in [-0.25, -0.2) is 0 Å². The van der Waals surface area contributed by atoms with Crippen molar-refractivity contribution in [2.75, 3.05) is 45.9 Å². The van der Waals surface area contributed by atoms with Crippen molar-refractivity contribution in [3.63, 3.8) is 0 Å². The van der Waals surface area contributed by atoms with Crippen molar-refractivity contribution in [2.45, 2.75) is 13.3 Å². The van der Waals surface area contributed by atoms with Gasteiger partial charge in [0.25, 0.3) is 0 Å². The van der Waals surface area contributed by atoms with Crippen LogP contribution in [-0.2, 0) is 9.47 Å². The van der Waals surface area contributed by atoms with Gasteiger partial charge in [0.2, 0.25) is 5.95 Å². The number of anilines is 1. The summed E-state index contributed by atoms with van der Waals surface area (Å²) in [5, 5.41) is 0. The van der Waals surface area contributed by atoms with E-state index in [4.69, 9.17) is 24.7 Å². The summed E-state index contributed by atoms with van der Waals surface area (Å²) in [6, 6.07) is 0.294. The zero-order valence-corrected chi connectivity index (χ0v) is 11.3. The van der Waals surface area contributed by atoms with Crippen LogP contribution in [0.3, 0.4) is 0 Å². The van der Waals surface area contributed by atoms with Crippen LogP contribution in [0, 0.1) is 0 Å². The Balaban J connectivity index is 2.25. The molecule has 0 radical (unpaired) electrons. The first-order valence-corrected chi connectivity index (χ1v) is 6.10. The van der Waals surface area contributed by atoms with Gasteiger partial charge in [-0.1, -0.05) is 0 Å². The third kappa shape index (κ3) is 6.73. The van der Waals surface area contributed by atoms with Crippen LogP contribution in [0.25, 0.3) is 0 Å². The number of methoxy groups -OCH3 is 1. The average Bonchev–Trinajstić information content (AvgIpc) is 2.37. The van der Waals surface area contributed by atoms with Crippen molar-refractivity contribution in [3.05, 3.63) is 0 Å². The molecule has 1 rings (SSSR count). The lowest BCUT2D eigenvalue weighted by Gasteiger charge is -2.07. The maximum absolute atomic E-state index is 5.51. The molecular weight excluding hydrogens is 252 g/mol. The van der Waals surface area contributed by atoms with E-state index in [-0.39, 0.29) is 18.0 Å². The predicted molar refractivity (Wildman–Crippen MR) is 68.2 cm³/mol. The fraction of sp³-hybridized carbons (Fsp3) is 0.727. The van der Waals surface area contributed by atoms with Crippen LogP contribution >= 0.6 is 0 Å². The fourth-order valence-corrected chi connectivity index (χ4v) is 1.21. The highest BCUT2D eigenvalue weighted by Crippen LogP contribution is 2.10. The lowest BCUT2D eigenvalue weighted by molar-refractivity contribution is 0.0780. The molecule has 0 aliphatic heterocycles. The molecule has 0 atom stereocenters. The molecule has 0 spiro atoms. The highest BCUT2D eigenvalue weighted by atomic mass is 16.5.